The Kier molecular flexibility index (Phi) is 3.25. The maximum atomic E-state index is 11.7. The summed E-state index contributed by atoms with van der Waals surface area (Å²) < 4.78 is 0. The van der Waals surface area contributed by atoms with Gasteiger partial charge < -0.3 is 5.11 Å². The first-order valence-corrected chi connectivity index (χ1v) is 4.47. The van der Waals surface area contributed by atoms with Crippen LogP contribution in [0.15, 0.2) is 35.6 Å². The maximum absolute atomic E-state index is 11.7. The summed E-state index contributed by atoms with van der Waals surface area (Å²) in [5, 5.41) is 17.8. The lowest BCUT2D eigenvalue weighted by atomic mass is 10.0. The molecule has 0 bridgehead atoms. The Hall–Kier alpha value is -2.08. The average molecular weight is 201 g/mol. The topological polar surface area (TPSA) is 61.1 Å². The molecule has 0 aliphatic rings. The van der Waals surface area contributed by atoms with Crippen molar-refractivity contribution in [3.05, 3.63) is 46.7 Å². The molecule has 0 saturated carbocycles. The van der Waals surface area contributed by atoms with Gasteiger partial charge in [0.15, 0.2) is 0 Å². The van der Waals surface area contributed by atoms with Crippen molar-refractivity contribution in [3.63, 3.8) is 0 Å². The van der Waals surface area contributed by atoms with E-state index in [1.54, 1.807) is 30.3 Å². The van der Waals surface area contributed by atoms with Crippen LogP contribution < -0.4 is 0 Å². The van der Waals surface area contributed by atoms with Crippen molar-refractivity contribution >= 4 is 5.78 Å². The summed E-state index contributed by atoms with van der Waals surface area (Å²) in [4.78, 5) is 11.7. The third kappa shape index (κ3) is 2.44. The van der Waals surface area contributed by atoms with Crippen LogP contribution in [0.5, 0.6) is 0 Å². The van der Waals surface area contributed by atoms with E-state index in [2.05, 4.69) is 0 Å². The van der Waals surface area contributed by atoms with Crippen LogP contribution in [0, 0.1) is 18.3 Å². The molecule has 0 atom stereocenters. The number of aliphatic hydroxyl groups excluding tert-OH is 1. The van der Waals surface area contributed by atoms with Crippen molar-refractivity contribution in [2.24, 2.45) is 0 Å². The Morgan fingerprint density at radius 1 is 1.33 bits per heavy atom. The molecule has 0 unspecified atom stereocenters. The predicted octanol–water partition coefficient (Wildman–Crippen LogP) is 2.53. The summed E-state index contributed by atoms with van der Waals surface area (Å²) in [6, 6.07) is 8.54. The van der Waals surface area contributed by atoms with Crippen LogP contribution in [0.1, 0.15) is 22.8 Å². The SMILES string of the molecule is C/C(O)=C(\C#N)C(=O)c1ccc(C)cc1. The second-order valence-corrected chi connectivity index (χ2v) is 3.27. The number of rotatable bonds is 2. The van der Waals surface area contributed by atoms with E-state index in [4.69, 9.17) is 10.4 Å². The number of hydrogen-bond donors (Lipinski definition) is 1. The third-order valence-corrected chi connectivity index (χ3v) is 2.01. The fraction of sp³-hybridized carbons (Fsp3) is 0.167. The van der Waals surface area contributed by atoms with E-state index < -0.39 is 5.78 Å². The van der Waals surface area contributed by atoms with Crippen LogP contribution in [-0.4, -0.2) is 10.9 Å². The highest BCUT2D eigenvalue weighted by molar-refractivity contribution is 6.11. The Morgan fingerprint density at radius 2 is 1.87 bits per heavy atom. The molecule has 0 aliphatic carbocycles. The lowest BCUT2D eigenvalue weighted by molar-refractivity contribution is 0.103. The first-order chi connectivity index (χ1) is 7.06. The molecule has 15 heavy (non-hydrogen) atoms. The molecule has 0 spiro atoms. The van der Waals surface area contributed by atoms with Gasteiger partial charge in [-0.2, -0.15) is 5.26 Å². The summed E-state index contributed by atoms with van der Waals surface area (Å²) in [5.41, 5.74) is 1.24. The number of ketones is 1. The van der Waals surface area contributed by atoms with Crippen LogP contribution in [0.25, 0.3) is 0 Å². The van der Waals surface area contributed by atoms with E-state index in [9.17, 15) is 4.79 Å². The Balaban J connectivity index is 3.11. The molecule has 1 N–H and O–H groups in total. The zero-order chi connectivity index (χ0) is 11.4. The zero-order valence-corrected chi connectivity index (χ0v) is 8.61. The number of aryl methyl sites for hydroxylation is 1. The molecular formula is C12H11NO2. The second kappa shape index (κ2) is 4.43. The highest BCUT2D eigenvalue weighted by Gasteiger charge is 2.14. The average Bonchev–Trinajstić information content (AvgIpc) is 2.19. The largest absolute Gasteiger partial charge is 0.511 e. The molecule has 76 valence electrons. The van der Waals surface area contributed by atoms with Gasteiger partial charge in [-0.15, -0.1) is 0 Å². The second-order valence-electron chi connectivity index (χ2n) is 3.27. The molecule has 0 heterocycles. The molecule has 0 aromatic heterocycles. The number of nitriles is 1. The summed E-state index contributed by atoms with van der Waals surface area (Å²) >= 11 is 0. The Morgan fingerprint density at radius 3 is 2.27 bits per heavy atom. The molecule has 0 saturated heterocycles. The van der Waals surface area contributed by atoms with Crippen molar-refractivity contribution in [1.82, 2.24) is 0 Å². The van der Waals surface area contributed by atoms with Gasteiger partial charge in [0.1, 0.15) is 17.4 Å². The molecule has 3 nitrogen and oxygen atoms in total. The highest BCUT2D eigenvalue weighted by Crippen LogP contribution is 2.11. The summed E-state index contributed by atoms with van der Waals surface area (Å²) in [5.74, 6) is -0.694. The number of aliphatic hydroxyl groups is 1. The van der Waals surface area contributed by atoms with Crippen molar-refractivity contribution in [1.29, 1.82) is 5.26 Å². The van der Waals surface area contributed by atoms with Gasteiger partial charge in [-0.1, -0.05) is 29.8 Å². The minimum Gasteiger partial charge on any atom is -0.511 e. The third-order valence-electron chi connectivity index (χ3n) is 2.01. The number of Topliss-reactive ketones (excluding diaryl/α,β-unsaturated/α-hetero) is 1. The van der Waals surface area contributed by atoms with Crippen molar-refractivity contribution in [3.8, 4) is 6.07 Å². The zero-order valence-electron chi connectivity index (χ0n) is 8.61. The smallest absolute Gasteiger partial charge is 0.206 e. The maximum Gasteiger partial charge on any atom is 0.206 e. The van der Waals surface area contributed by atoms with Crippen molar-refractivity contribution < 1.29 is 9.90 Å². The lowest BCUT2D eigenvalue weighted by Crippen LogP contribution is -2.04. The van der Waals surface area contributed by atoms with Crippen LogP contribution in [0.2, 0.25) is 0 Å². The normalized spacial score (nSPS) is 11.5. The monoisotopic (exact) mass is 201 g/mol. The van der Waals surface area contributed by atoms with Gasteiger partial charge >= 0.3 is 0 Å². The minimum absolute atomic E-state index is 0.209. The lowest BCUT2D eigenvalue weighted by Gasteiger charge is -2.00. The minimum atomic E-state index is -0.447. The van der Waals surface area contributed by atoms with Crippen molar-refractivity contribution in [2.75, 3.05) is 0 Å². The number of carbonyl (C=O) groups excluding carboxylic acids is 1. The van der Waals surface area contributed by atoms with Gasteiger partial charge in [0, 0.05) is 5.56 Å². The van der Waals surface area contributed by atoms with E-state index in [-0.39, 0.29) is 11.3 Å². The fourth-order valence-electron chi connectivity index (χ4n) is 1.15. The molecule has 0 amide bonds. The van der Waals surface area contributed by atoms with Crippen LogP contribution in [-0.2, 0) is 0 Å². The molecule has 0 aliphatic heterocycles. The predicted molar refractivity (Wildman–Crippen MR) is 56.5 cm³/mol. The molecule has 1 aromatic carbocycles. The van der Waals surface area contributed by atoms with E-state index in [0.29, 0.717) is 5.56 Å². The van der Waals surface area contributed by atoms with E-state index in [0.717, 1.165) is 5.56 Å². The number of nitrogens with zero attached hydrogens (tertiary/aromatic N) is 1. The molecular weight excluding hydrogens is 190 g/mol. The molecule has 0 fully saturated rings. The summed E-state index contributed by atoms with van der Waals surface area (Å²) in [6.45, 7) is 3.23. The standard InChI is InChI=1S/C12H11NO2/c1-8-3-5-10(6-4-8)12(15)11(7-13)9(2)14/h3-6,14H,1-2H3/b11-9-. The van der Waals surface area contributed by atoms with Gasteiger partial charge in [-0.25, -0.2) is 0 Å². The number of hydrogen-bond acceptors (Lipinski definition) is 3. The Labute approximate surface area is 88.3 Å². The summed E-state index contributed by atoms with van der Waals surface area (Å²) in [7, 11) is 0. The highest BCUT2D eigenvalue weighted by atomic mass is 16.3. The van der Waals surface area contributed by atoms with Crippen LogP contribution in [0.4, 0.5) is 0 Å². The number of benzene rings is 1. The molecule has 0 radical (unpaired) electrons. The molecule has 3 heteroatoms. The quantitative estimate of drug-likeness (QED) is 0.346. The van der Waals surface area contributed by atoms with E-state index in [1.165, 1.54) is 6.92 Å². The first-order valence-electron chi connectivity index (χ1n) is 4.47. The first kappa shape index (κ1) is 11.0. The number of allylic oxidation sites excluding steroid dienone is 2. The summed E-state index contributed by atoms with van der Waals surface area (Å²) in [6.07, 6.45) is 0. The molecule has 1 rings (SSSR count). The van der Waals surface area contributed by atoms with Crippen LogP contribution in [0.3, 0.4) is 0 Å². The van der Waals surface area contributed by atoms with Gasteiger partial charge in [0.25, 0.3) is 0 Å². The number of carbonyl (C=O) groups is 1. The van der Waals surface area contributed by atoms with E-state index in [1.807, 2.05) is 6.92 Å². The van der Waals surface area contributed by atoms with Gasteiger partial charge in [0.05, 0.1) is 0 Å². The fourth-order valence-corrected chi connectivity index (χ4v) is 1.15. The van der Waals surface area contributed by atoms with Crippen molar-refractivity contribution in [2.45, 2.75) is 13.8 Å². The van der Waals surface area contributed by atoms with Crippen LogP contribution >= 0.6 is 0 Å². The van der Waals surface area contributed by atoms with E-state index >= 15 is 0 Å². The molecule has 1 aromatic rings. The Bertz CT molecular complexity index is 446. The van der Waals surface area contributed by atoms with Gasteiger partial charge in [-0.3, -0.25) is 4.79 Å². The van der Waals surface area contributed by atoms with Gasteiger partial charge in [0.2, 0.25) is 5.78 Å². The van der Waals surface area contributed by atoms with Gasteiger partial charge in [-0.05, 0) is 13.8 Å².